The van der Waals surface area contributed by atoms with Gasteiger partial charge in [0.2, 0.25) is 0 Å². The minimum Gasteiger partial charge on any atom is -0.456 e. The maximum absolute atomic E-state index is 6.72. The van der Waals surface area contributed by atoms with Crippen molar-refractivity contribution in [3.63, 3.8) is 0 Å². The summed E-state index contributed by atoms with van der Waals surface area (Å²) in [5.74, 6) is 0. The van der Waals surface area contributed by atoms with Gasteiger partial charge in [-0.25, -0.2) is 0 Å². The van der Waals surface area contributed by atoms with Crippen LogP contribution < -0.4 is 0 Å². The summed E-state index contributed by atoms with van der Waals surface area (Å²) < 4.78 is 13.0. The van der Waals surface area contributed by atoms with E-state index in [4.69, 9.17) is 8.83 Å². The molecular weight excluding hydrogens is 657 g/mol. The maximum atomic E-state index is 6.72. The van der Waals surface area contributed by atoms with Gasteiger partial charge in [0.1, 0.15) is 22.3 Å². The smallest absolute Gasteiger partial charge is 0.136 e. The van der Waals surface area contributed by atoms with Crippen molar-refractivity contribution in [2.45, 2.75) is 0 Å². The van der Waals surface area contributed by atoms with Crippen molar-refractivity contribution in [1.29, 1.82) is 0 Å². The summed E-state index contributed by atoms with van der Waals surface area (Å²) in [6, 6.07) is 65.6. The first-order valence-corrected chi connectivity index (χ1v) is 18.5. The van der Waals surface area contributed by atoms with Crippen LogP contribution in [0.3, 0.4) is 0 Å². The molecule has 10 aromatic carbocycles. The number of hydrogen-bond acceptors (Lipinski definition) is 2. The zero-order valence-corrected chi connectivity index (χ0v) is 29.1. The van der Waals surface area contributed by atoms with E-state index in [1.54, 1.807) is 0 Å². The lowest BCUT2D eigenvalue weighted by molar-refractivity contribution is 0.669. The Kier molecular flexibility index (Phi) is 6.09. The van der Waals surface area contributed by atoms with Crippen LogP contribution in [0.15, 0.2) is 191 Å². The van der Waals surface area contributed by atoms with E-state index in [1.807, 2.05) is 0 Å². The minimum absolute atomic E-state index is 0.878. The van der Waals surface area contributed by atoms with E-state index in [9.17, 15) is 0 Å². The lowest BCUT2D eigenvalue weighted by Crippen LogP contribution is -1.91. The molecule has 0 aliphatic carbocycles. The highest BCUT2D eigenvalue weighted by Crippen LogP contribution is 2.46. The average Bonchev–Trinajstić information content (AvgIpc) is 3.80. The van der Waals surface area contributed by atoms with Crippen molar-refractivity contribution in [2.75, 3.05) is 0 Å². The van der Waals surface area contributed by atoms with E-state index >= 15 is 0 Å². The van der Waals surface area contributed by atoms with Crippen LogP contribution in [-0.4, -0.2) is 0 Å². The molecule has 0 radical (unpaired) electrons. The van der Waals surface area contributed by atoms with Gasteiger partial charge in [0, 0.05) is 21.5 Å². The Hall–Kier alpha value is -7.16. The molecule has 0 atom stereocenters. The molecule has 0 N–H and O–H groups in total. The quantitative estimate of drug-likeness (QED) is 0.173. The van der Waals surface area contributed by atoms with E-state index < -0.39 is 0 Å². The minimum atomic E-state index is 0.878. The summed E-state index contributed by atoms with van der Waals surface area (Å²) in [5.41, 5.74) is 10.7. The van der Waals surface area contributed by atoms with E-state index in [2.05, 4.69) is 182 Å². The van der Waals surface area contributed by atoms with Crippen LogP contribution in [-0.2, 0) is 0 Å². The summed E-state index contributed by atoms with van der Waals surface area (Å²) >= 11 is 0. The van der Waals surface area contributed by atoms with Gasteiger partial charge < -0.3 is 8.83 Å². The van der Waals surface area contributed by atoms with Gasteiger partial charge in [-0.05, 0) is 119 Å². The van der Waals surface area contributed by atoms with Crippen molar-refractivity contribution in [2.24, 2.45) is 0 Å². The predicted octanol–water partition coefficient (Wildman–Crippen LogP) is 15.1. The van der Waals surface area contributed by atoms with Gasteiger partial charge in [-0.15, -0.1) is 0 Å². The fraction of sp³-hybridized carbons (Fsp3) is 0. The Morgan fingerprint density at radius 2 is 0.759 bits per heavy atom. The molecule has 2 nitrogen and oxygen atoms in total. The monoisotopic (exact) mass is 686 g/mol. The van der Waals surface area contributed by atoms with Gasteiger partial charge in [-0.3, -0.25) is 0 Å². The van der Waals surface area contributed by atoms with Gasteiger partial charge >= 0.3 is 0 Å². The second kappa shape index (κ2) is 11.2. The van der Waals surface area contributed by atoms with Gasteiger partial charge in [-0.1, -0.05) is 140 Å². The summed E-state index contributed by atoms with van der Waals surface area (Å²) in [7, 11) is 0. The molecule has 0 unspecified atom stereocenters. The number of rotatable bonds is 3. The molecule has 0 fully saturated rings. The van der Waals surface area contributed by atoms with Crippen LogP contribution in [0.1, 0.15) is 0 Å². The fourth-order valence-corrected chi connectivity index (χ4v) is 9.01. The number of benzene rings is 10. The Morgan fingerprint density at radius 3 is 1.48 bits per heavy atom. The summed E-state index contributed by atoms with van der Waals surface area (Å²) in [4.78, 5) is 0. The lowest BCUT2D eigenvalue weighted by Gasteiger charge is -2.18. The second-order valence-corrected chi connectivity index (χ2v) is 14.4. The summed E-state index contributed by atoms with van der Waals surface area (Å²) in [6.45, 7) is 0. The first-order chi connectivity index (χ1) is 26.8. The lowest BCUT2D eigenvalue weighted by atomic mass is 9.84. The van der Waals surface area contributed by atoms with Crippen LogP contribution in [0.25, 0.3) is 120 Å². The summed E-state index contributed by atoms with van der Waals surface area (Å²) in [6.07, 6.45) is 0. The third-order valence-electron chi connectivity index (χ3n) is 11.4. The molecule has 250 valence electrons. The van der Waals surface area contributed by atoms with Gasteiger partial charge in [0.05, 0.1) is 0 Å². The Bertz CT molecular complexity index is 3440. The standard InChI is InChI=1S/C52H30O2/c1-3-13-36-31(10-1)12-9-19-40(36)51-43-17-7-5-15-41(43)50(42-16-6-8-18-44(42)51)35-21-25-39-38-24-20-34(29-48(38)54-49(39)30-35)33-23-26-46-45(28-33)52-37-14-4-2-11-32(37)22-27-47(52)53-46/h1-30H. The Labute approximate surface area is 310 Å². The molecule has 12 rings (SSSR count). The van der Waals surface area contributed by atoms with Crippen molar-refractivity contribution in [3.8, 4) is 33.4 Å². The van der Waals surface area contributed by atoms with Crippen LogP contribution in [0.2, 0.25) is 0 Å². The second-order valence-electron chi connectivity index (χ2n) is 14.4. The van der Waals surface area contributed by atoms with E-state index in [0.29, 0.717) is 0 Å². The van der Waals surface area contributed by atoms with Crippen LogP contribution in [0, 0.1) is 0 Å². The van der Waals surface area contributed by atoms with Gasteiger partial charge in [-0.2, -0.15) is 0 Å². The highest BCUT2D eigenvalue weighted by molar-refractivity contribution is 6.24. The molecule has 0 saturated heterocycles. The molecule has 0 bridgehead atoms. The predicted molar refractivity (Wildman–Crippen MR) is 227 cm³/mol. The van der Waals surface area contributed by atoms with Crippen LogP contribution in [0.4, 0.5) is 0 Å². The molecule has 0 amide bonds. The zero-order valence-electron chi connectivity index (χ0n) is 29.1. The van der Waals surface area contributed by atoms with Gasteiger partial charge in [0.15, 0.2) is 0 Å². The van der Waals surface area contributed by atoms with E-state index in [-0.39, 0.29) is 0 Å². The van der Waals surface area contributed by atoms with Crippen LogP contribution >= 0.6 is 0 Å². The third-order valence-corrected chi connectivity index (χ3v) is 11.4. The number of hydrogen-bond donors (Lipinski definition) is 0. The fourth-order valence-electron chi connectivity index (χ4n) is 9.01. The SMILES string of the molecule is c1ccc2c(-c3c4ccccc4c(-c4ccc5c(c4)oc4cc(-c6ccc7oc8ccc9ccccc9c8c7c6)ccc45)c4ccccc34)cccc2c1. The first-order valence-electron chi connectivity index (χ1n) is 18.5. The van der Waals surface area contributed by atoms with Crippen molar-refractivity contribution in [3.05, 3.63) is 182 Å². The molecule has 0 saturated carbocycles. The zero-order chi connectivity index (χ0) is 35.3. The summed E-state index contributed by atoms with van der Waals surface area (Å²) in [5, 5.41) is 14.4. The van der Waals surface area contributed by atoms with Crippen molar-refractivity contribution >= 4 is 87.0 Å². The highest BCUT2D eigenvalue weighted by Gasteiger charge is 2.19. The number of fused-ring (bicyclic) bond motifs is 11. The normalized spacial score (nSPS) is 12.1. The molecule has 2 aromatic heterocycles. The van der Waals surface area contributed by atoms with E-state index in [1.165, 1.54) is 59.8 Å². The molecular formula is C52H30O2. The maximum Gasteiger partial charge on any atom is 0.136 e. The molecule has 0 aliphatic rings. The van der Waals surface area contributed by atoms with Crippen molar-refractivity contribution in [1.82, 2.24) is 0 Å². The molecule has 0 spiro atoms. The Balaban J connectivity index is 1.03. The van der Waals surface area contributed by atoms with Gasteiger partial charge in [0.25, 0.3) is 0 Å². The molecule has 2 heterocycles. The molecule has 2 heteroatoms. The highest BCUT2D eigenvalue weighted by atomic mass is 16.3. The third kappa shape index (κ3) is 4.22. The van der Waals surface area contributed by atoms with E-state index in [0.717, 1.165) is 60.6 Å². The number of furan rings is 2. The average molecular weight is 687 g/mol. The first kappa shape index (κ1) is 29.4. The largest absolute Gasteiger partial charge is 0.456 e. The molecule has 0 aliphatic heterocycles. The topological polar surface area (TPSA) is 26.3 Å². The molecule has 54 heavy (non-hydrogen) atoms. The molecule has 12 aromatic rings. The van der Waals surface area contributed by atoms with Crippen LogP contribution in [0.5, 0.6) is 0 Å². The Morgan fingerprint density at radius 1 is 0.259 bits per heavy atom. The van der Waals surface area contributed by atoms with Crippen molar-refractivity contribution < 1.29 is 8.83 Å².